The largest absolute Gasteiger partial charge is 0.399 e. The quantitative estimate of drug-likeness (QED) is 0.447. The van der Waals surface area contributed by atoms with Crippen LogP contribution in [0.1, 0.15) is 36.3 Å². The van der Waals surface area contributed by atoms with Crippen molar-refractivity contribution < 1.29 is 14.4 Å². The summed E-state index contributed by atoms with van der Waals surface area (Å²) in [6.07, 6.45) is 3.11. The van der Waals surface area contributed by atoms with Gasteiger partial charge in [-0.1, -0.05) is 12.1 Å². The van der Waals surface area contributed by atoms with E-state index in [1.807, 2.05) is 0 Å². The zero-order chi connectivity index (χ0) is 16.8. The van der Waals surface area contributed by atoms with Crippen LogP contribution in [0, 0.1) is 0 Å². The number of halogens is 1. The van der Waals surface area contributed by atoms with Gasteiger partial charge < -0.3 is 15.9 Å². The lowest BCUT2D eigenvalue weighted by molar-refractivity contribution is -0.122. The summed E-state index contributed by atoms with van der Waals surface area (Å²) in [6, 6.07) is 1.46. The van der Waals surface area contributed by atoms with Crippen LogP contribution < -0.4 is 11.1 Å². The molecule has 1 aromatic heterocycles. The maximum atomic E-state index is 12.3. The topological polar surface area (TPSA) is 107 Å². The number of alkyl halides is 1. The van der Waals surface area contributed by atoms with Crippen molar-refractivity contribution >= 4 is 35.2 Å². The van der Waals surface area contributed by atoms with E-state index in [-0.39, 0.29) is 22.9 Å². The van der Waals surface area contributed by atoms with Gasteiger partial charge in [-0.2, -0.15) is 0 Å². The van der Waals surface area contributed by atoms with Gasteiger partial charge in [0.15, 0.2) is 5.78 Å². The summed E-state index contributed by atoms with van der Waals surface area (Å²) >= 11 is 5.58. The van der Waals surface area contributed by atoms with E-state index in [1.54, 1.807) is 13.8 Å². The Hall–Kier alpha value is -2.15. The number of Topliss-reactive ketones (excluding diaryl/α,β-unsaturated/α-hetero) is 1. The number of nitrogens with zero attached hydrogens (tertiary/aromatic N) is 2. The highest BCUT2D eigenvalue weighted by Crippen LogP contribution is 2.15. The van der Waals surface area contributed by atoms with Gasteiger partial charge in [0.1, 0.15) is 12.8 Å². The summed E-state index contributed by atoms with van der Waals surface area (Å²) in [6.45, 7) is 3.42. The lowest BCUT2D eigenvalue weighted by Gasteiger charge is -2.27. The Bertz CT molecular complexity index is 591. The Labute approximate surface area is 133 Å². The smallest absolute Gasteiger partial charge is 0.253 e. The van der Waals surface area contributed by atoms with Crippen LogP contribution in [0.2, 0.25) is 0 Å². The van der Waals surface area contributed by atoms with E-state index in [0.717, 1.165) is 0 Å². The summed E-state index contributed by atoms with van der Waals surface area (Å²) in [4.78, 5) is 32.7. The number of ketones is 1. The molecule has 1 aromatic rings. The molecule has 0 spiro atoms. The number of nitrogens with two attached hydrogens (primary N) is 1. The first-order valence-electron chi connectivity index (χ1n) is 6.61. The minimum atomic E-state index is -1.02. The molecule has 1 rings (SSSR count). The molecule has 0 saturated heterocycles. The number of hydrogen-bond donors (Lipinski definition) is 2. The molecule has 1 heterocycles. The fourth-order valence-electron chi connectivity index (χ4n) is 1.65. The molecule has 0 bridgehead atoms. The molecular formula is C14H19ClN4O3. The van der Waals surface area contributed by atoms with Gasteiger partial charge in [0, 0.05) is 6.20 Å². The molecule has 0 aliphatic carbocycles. The number of anilines is 1. The standard InChI is InChI=1S/C14H19ClN4O3/c1-4-14(2,12(20)6-15)19-13(21)9-5-10(16)11(17-7-9)8-18-22-3/h5,7-8H,4,6,16H2,1-3H3,(H,19,21). The normalized spacial score (nSPS) is 13.6. The Morgan fingerprint density at radius 3 is 2.77 bits per heavy atom. The van der Waals surface area contributed by atoms with Crippen LogP contribution >= 0.6 is 11.6 Å². The predicted octanol–water partition coefficient (Wildman–Crippen LogP) is 1.35. The summed E-state index contributed by atoms with van der Waals surface area (Å²) in [7, 11) is 1.40. The molecule has 1 unspecified atom stereocenters. The van der Waals surface area contributed by atoms with Gasteiger partial charge in [0.25, 0.3) is 5.91 Å². The minimum absolute atomic E-state index is 0.169. The molecule has 22 heavy (non-hydrogen) atoms. The molecule has 0 aromatic carbocycles. The minimum Gasteiger partial charge on any atom is -0.399 e. The van der Waals surface area contributed by atoms with Crippen LogP contribution in [-0.4, -0.2) is 41.4 Å². The predicted molar refractivity (Wildman–Crippen MR) is 85.1 cm³/mol. The van der Waals surface area contributed by atoms with E-state index in [2.05, 4.69) is 20.3 Å². The number of carbonyl (C=O) groups is 2. The highest BCUT2D eigenvalue weighted by Gasteiger charge is 2.32. The van der Waals surface area contributed by atoms with E-state index in [0.29, 0.717) is 12.1 Å². The molecule has 7 nitrogen and oxygen atoms in total. The molecule has 8 heteroatoms. The van der Waals surface area contributed by atoms with Crippen molar-refractivity contribution in [3.8, 4) is 0 Å². The lowest BCUT2D eigenvalue weighted by atomic mass is 9.93. The molecule has 0 aliphatic rings. The summed E-state index contributed by atoms with van der Waals surface area (Å²) in [5.74, 6) is -0.871. The second-order valence-corrected chi connectivity index (χ2v) is 5.08. The van der Waals surface area contributed by atoms with Gasteiger partial charge >= 0.3 is 0 Å². The summed E-state index contributed by atoms with van der Waals surface area (Å²) < 4.78 is 0. The van der Waals surface area contributed by atoms with Crippen LogP contribution in [0.25, 0.3) is 0 Å². The van der Waals surface area contributed by atoms with Crippen LogP contribution in [0.15, 0.2) is 17.4 Å². The highest BCUT2D eigenvalue weighted by atomic mass is 35.5. The molecule has 120 valence electrons. The van der Waals surface area contributed by atoms with Gasteiger partial charge in [-0.3, -0.25) is 14.6 Å². The van der Waals surface area contributed by atoms with Crippen molar-refractivity contribution in [2.24, 2.45) is 5.16 Å². The fourth-order valence-corrected chi connectivity index (χ4v) is 1.95. The Morgan fingerprint density at radius 1 is 1.59 bits per heavy atom. The van der Waals surface area contributed by atoms with Gasteiger partial charge in [-0.05, 0) is 19.4 Å². The Morgan fingerprint density at radius 2 is 2.27 bits per heavy atom. The van der Waals surface area contributed by atoms with Crippen molar-refractivity contribution in [3.05, 3.63) is 23.5 Å². The zero-order valence-corrected chi connectivity index (χ0v) is 13.5. The number of aromatic nitrogens is 1. The van der Waals surface area contributed by atoms with Crippen molar-refractivity contribution in [2.45, 2.75) is 25.8 Å². The van der Waals surface area contributed by atoms with Crippen molar-refractivity contribution in [3.63, 3.8) is 0 Å². The van der Waals surface area contributed by atoms with E-state index in [9.17, 15) is 9.59 Å². The lowest BCUT2D eigenvalue weighted by Crippen LogP contribution is -2.52. The monoisotopic (exact) mass is 326 g/mol. The van der Waals surface area contributed by atoms with Crippen LogP contribution in [-0.2, 0) is 9.63 Å². The molecule has 0 saturated carbocycles. The van der Waals surface area contributed by atoms with Crippen LogP contribution in [0.5, 0.6) is 0 Å². The van der Waals surface area contributed by atoms with E-state index in [4.69, 9.17) is 17.3 Å². The number of amides is 1. The van der Waals surface area contributed by atoms with Crippen molar-refractivity contribution in [1.82, 2.24) is 10.3 Å². The molecule has 3 N–H and O–H groups in total. The van der Waals surface area contributed by atoms with Gasteiger partial charge in [-0.25, -0.2) is 0 Å². The fraction of sp³-hybridized carbons (Fsp3) is 0.429. The maximum absolute atomic E-state index is 12.3. The van der Waals surface area contributed by atoms with E-state index < -0.39 is 11.4 Å². The zero-order valence-electron chi connectivity index (χ0n) is 12.7. The van der Waals surface area contributed by atoms with E-state index >= 15 is 0 Å². The van der Waals surface area contributed by atoms with E-state index in [1.165, 1.54) is 25.6 Å². The summed E-state index contributed by atoms with van der Waals surface area (Å²) in [5.41, 5.74) is 5.68. The molecule has 0 fully saturated rings. The number of oxime groups is 1. The van der Waals surface area contributed by atoms with Gasteiger partial charge in [-0.15, -0.1) is 11.6 Å². The van der Waals surface area contributed by atoms with Gasteiger partial charge in [0.2, 0.25) is 0 Å². The molecule has 0 radical (unpaired) electrons. The van der Waals surface area contributed by atoms with Crippen LogP contribution in [0.4, 0.5) is 5.69 Å². The number of hydrogen-bond acceptors (Lipinski definition) is 6. The van der Waals surface area contributed by atoms with Gasteiger partial charge in [0.05, 0.1) is 28.9 Å². The molecule has 1 amide bonds. The second-order valence-electron chi connectivity index (χ2n) is 4.81. The highest BCUT2D eigenvalue weighted by molar-refractivity contribution is 6.29. The third-order valence-electron chi connectivity index (χ3n) is 3.33. The second kappa shape index (κ2) is 7.74. The Kier molecular flexibility index (Phi) is 6.30. The third-order valence-corrected chi connectivity index (χ3v) is 3.57. The number of pyridine rings is 1. The van der Waals surface area contributed by atoms with Crippen LogP contribution in [0.3, 0.4) is 0 Å². The first-order valence-corrected chi connectivity index (χ1v) is 7.15. The third kappa shape index (κ3) is 4.17. The molecular weight excluding hydrogens is 308 g/mol. The van der Waals surface area contributed by atoms with Crippen molar-refractivity contribution in [1.29, 1.82) is 0 Å². The van der Waals surface area contributed by atoms with Crippen molar-refractivity contribution in [2.75, 3.05) is 18.7 Å². The average molecular weight is 327 g/mol. The first-order chi connectivity index (χ1) is 10.4. The number of carbonyl (C=O) groups excluding carboxylic acids is 2. The maximum Gasteiger partial charge on any atom is 0.253 e. The number of rotatable bonds is 7. The molecule has 0 aliphatic heterocycles. The molecule has 1 atom stereocenters. The SMILES string of the molecule is CCC(C)(NC(=O)c1cnc(C=NOC)c(N)c1)C(=O)CCl. The summed E-state index contributed by atoms with van der Waals surface area (Å²) in [5, 5.41) is 6.23. The number of nitrogen functional groups attached to an aromatic ring is 1. The first kappa shape index (κ1) is 17.9. The Balaban J connectivity index is 2.97. The average Bonchev–Trinajstić information content (AvgIpc) is 2.52. The number of nitrogens with one attached hydrogen (secondary N) is 1.